The molecule has 1 aliphatic heterocycles. The monoisotopic (exact) mass is 466 g/mol. The summed E-state index contributed by atoms with van der Waals surface area (Å²) in [4.78, 5) is 16.6. The van der Waals surface area contributed by atoms with Crippen molar-refractivity contribution >= 4 is 37.8 Å². The van der Waals surface area contributed by atoms with Crippen molar-refractivity contribution in [2.24, 2.45) is 0 Å². The van der Waals surface area contributed by atoms with Gasteiger partial charge in [-0.3, -0.25) is 9.69 Å². The van der Waals surface area contributed by atoms with Crippen LogP contribution >= 0.6 is 31.9 Å². The molecular weight excluding hydrogens is 448 g/mol. The van der Waals surface area contributed by atoms with Gasteiger partial charge in [0.2, 0.25) is 0 Å². The topological polar surface area (TPSA) is 32.8 Å². The SMILES string of the molecule is O=C(COc1ccc(Br)cc1)N1CCN(Cc2ccccc2Br)CC1. The number of hydrogen-bond donors (Lipinski definition) is 0. The Labute approximate surface area is 165 Å². The molecule has 3 rings (SSSR count). The fourth-order valence-corrected chi connectivity index (χ4v) is 3.46. The number of carbonyl (C=O) groups is 1. The van der Waals surface area contributed by atoms with E-state index in [1.165, 1.54) is 5.56 Å². The fourth-order valence-electron chi connectivity index (χ4n) is 2.79. The highest BCUT2D eigenvalue weighted by atomic mass is 79.9. The van der Waals surface area contributed by atoms with Crippen LogP contribution in [0.4, 0.5) is 0 Å². The Morgan fingerprint density at radius 2 is 1.64 bits per heavy atom. The van der Waals surface area contributed by atoms with Gasteiger partial charge in [-0.2, -0.15) is 0 Å². The minimum Gasteiger partial charge on any atom is -0.484 e. The molecule has 0 spiro atoms. The van der Waals surface area contributed by atoms with Crippen LogP contribution in [0, 0.1) is 0 Å². The molecule has 0 saturated carbocycles. The number of hydrogen-bond acceptors (Lipinski definition) is 3. The normalized spacial score (nSPS) is 15.2. The lowest BCUT2D eigenvalue weighted by Crippen LogP contribution is -2.49. The van der Waals surface area contributed by atoms with Gasteiger partial charge in [0.05, 0.1) is 0 Å². The van der Waals surface area contributed by atoms with Crippen LogP contribution in [-0.4, -0.2) is 48.5 Å². The van der Waals surface area contributed by atoms with Crippen molar-refractivity contribution in [3.63, 3.8) is 0 Å². The molecule has 0 radical (unpaired) electrons. The van der Waals surface area contributed by atoms with Crippen molar-refractivity contribution in [1.29, 1.82) is 0 Å². The molecule has 132 valence electrons. The summed E-state index contributed by atoms with van der Waals surface area (Å²) in [5.74, 6) is 0.757. The largest absolute Gasteiger partial charge is 0.484 e. The molecule has 1 aliphatic rings. The van der Waals surface area contributed by atoms with Crippen LogP contribution in [0.15, 0.2) is 57.5 Å². The summed E-state index contributed by atoms with van der Waals surface area (Å²) in [7, 11) is 0. The molecule has 0 unspecified atom stereocenters. The summed E-state index contributed by atoms with van der Waals surface area (Å²) in [5, 5.41) is 0. The van der Waals surface area contributed by atoms with Crippen molar-refractivity contribution in [1.82, 2.24) is 9.80 Å². The Bertz CT molecular complexity index is 714. The average molecular weight is 468 g/mol. The average Bonchev–Trinajstić information content (AvgIpc) is 2.63. The van der Waals surface area contributed by atoms with E-state index in [1.807, 2.05) is 35.2 Å². The van der Waals surface area contributed by atoms with Gasteiger partial charge in [-0.05, 0) is 35.9 Å². The smallest absolute Gasteiger partial charge is 0.260 e. The highest BCUT2D eigenvalue weighted by Gasteiger charge is 2.21. The van der Waals surface area contributed by atoms with Crippen LogP contribution in [0.2, 0.25) is 0 Å². The first-order valence-corrected chi connectivity index (χ1v) is 9.82. The molecule has 0 aromatic heterocycles. The number of rotatable bonds is 5. The number of halogens is 2. The summed E-state index contributed by atoms with van der Waals surface area (Å²) in [5.41, 5.74) is 1.28. The Morgan fingerprint density at radius 3 is 2.32 bits per heavy atom. The van der Waals surface area contributed by atoms with E-state index in [1.54, 1.807) is 0 Å². The molecule has 4 nitrogen and oxygen atoms in total. The molecule has 1 heterocycles. The van der Waals surface area contributed by atoms with E-state index in [9.17, 15) is 4.79 Å². The van der Waals surface area contributed by atoms with Crippen LogP contribution in [0.5, 0.6) is 5.75 Å². The maximum Gasteiger partial charge on any atom is 0.260 e. The Morgan fingerprint density at radius 1 is 0.960 bits per heavy atom. The van der Waals surface area contributed by atoms with Gasteiger partial charge in [-0.1, -0.05) is 50.1 Å². The van der Waals surface area contributed by atoms with Crippen LogP contribution in [0.25, 0.3) is 0 Å². The van der Waals surface area contributed by atoms with Gasteiger partial charge < -0.3 is 9.64 Å². The van der Waals surface area contributed by atoms with Crippen molar-refractivity contribution in [3.05, 3.63) is 63.0 Å². The summed E-state index contributed by atoms with van der Waals surface area (Å²) in [6.45, 7) is 4.24. The van der Waals surface area contributed by atoms with Crippen molar-refractivity contribution in [3.8, 4) is 5.75 Å². The van der Waals surface area contributed by atoms with E-state index < -0.39 is 0 Å². The number of carbonyl (C=O) groups excluding carboxylic acids is 1. The number of benzene rings is 2. The second-order valence-electron chi connectivity index (χ2n) is 5.99. The number of amides is 1. The molecule has 1 amide bonds. The van der Waals surface area contributed by atoms with Gasteiger partial charge in [0.15, 0.2) is 6.61 Å². The van der Waals surface area contributed by atoms with E-state index in [0.29, 0.717) is 5.75 Å². The summed E-state index contributed by atoms with van der Waals surface area (Å²) >= 11 is 6.98. The van der Waals surface area contributed by atoms with Crippen molar-refractivity contribution in [2.75, 3.05) is 32.8 Å². The second kappa shape index (κ2) is 8.83. The molecule has 0 atom stereocenters. The zero-order valence-corrected chi connectivity index (χ0v) is 17.0. The number of nitrogens with zero attached hydrogens (tertiary/aromatic N) is 2. The maximum atomic E-state index is 12.3. The minimum absolute atomic E-state index is 0.0449. The van der Waals surface area contributed by atoms with E-state index in [-0.39, 0.29) is 12.5 Å². The predicted octanol–water partition coefficient (Wildman–Crippen LogP) is 3.93. The van der Waals surface area contributed by atoms with Gasteiger partial charge >= 0.3 is 0 Å². The van der Waals surface area contributed by atoms with Crippen LogP contribution in [-0.2, 0) is 11.3 Å². The Hall–Kier alpha value is -1.37. The van der Waals surface area contributed by atoms with Gasteiger partial charge in [-0.25, -0.2) is 0 Å². The van der Waals surface area contributed by atoms with Crippen molar-refractivity contribution < 1.29 is 9.53 Å². The molecular formula is C19H20Br2N2O2. The summed E-state index contributed by atoms with van der Waals surface area (Å²) < 4.78 is 7.71. The third kappa shape index (κ3) is 5.30. The Kier molecular flexibility index (Phi) is 6.51. The van der Waals surface area contributed by atoms with Gasteiger partial charge in [0, 0.05) is 41.7 Å². The van der Waals surface area contributed by atoms with E-state index in [2.05, 4.69) is 55.0 Å². The molecule has 25 heavy (non-hydrogen) atoms. The fraction of sp³-hybridized carbons (Fsp3) is 0.316. The van der Waals surface area contributed by atoms with E-state index >= 15 is 0 Å². The lowest BCUT2D eigenvalue weighted by Gasteiger charge is -2.34. The van der Waals surface area contributed by atoms with Gasteiger partial charge in [0.25, 0.3) is 5.91 Å². The molecule has 0 aliphatic carbocycles. The van der Waals surface area contributed by atoms with Crippen molar-refractivity contribution in [2.45, 2.75) is 6.54 Å². The maximum absolute atomic E-state index is 12.3. The first-order chi connectivity index (χ1) is 12.1. The lowest BCUT2D eigenvalue weighted by molar-refractivity contribution is -0.135. The predicted molar refractivity (Wildman–Crippen MR) is 106 cm³/mol. The minimum atomic E-state index is 0.0449. The third-order valence-corrected chi connectivity index (χ3v) is 5.56. The summed E-state index contributed by atoms with van der Waals surface area (Å²) in [6, 6.07) is 15.8. The highest BCUT2D eigenvalue weighted by Crippen LogP contribution is 2.19. The zero-order chi connectivity index (χ0) is 17.6. The zero-order valence-electron chi connectivity index (χ0n) is 13.8. The molecule has 0 N–H and O–H groups in total. The quantitative estimate of drug-likeness (QED) is 0.667. The molecule has 2 aromatic rings. The molecule has 0 bridgehead atoms. The first-order valence-electron chi connectivity index (χ1n) is 8.24. The molecule has 1 saturated heterocycles. The molecule has 2 aromatic carbocycles. The number of piperazine rings is 1. The third-order valence-electron chi connectivity index (χ3n) is 4.25. The first kappa shape index (κ1) is 18.4. The van der Waals surface area contributed by atoms with Gasteiger partial charge in [0.1, 0.15) is 5.75 Å². The molecule has 1 fully saturated rings. The standard InChI is InChI=1S/C19H20Br2N2O2/c20-16-5-7-17(8-6-16)25-14-19(24)23-11-9-22(10-12-23)13-15-3-1-2-4-18(15)21/h1-8H,9-14H2. The van der Waals surface area contributed by atoms with Gasteiger partial charge in [-0.15, -0.1) is 0 Å². The Balaban J connectivity index is 1.44. The lowest BCUT2D eigenvalue weighted by atomic mass is 10.2. The van der Waals surface area contributed by atoms with Crippen LogP contribution in [0.3, 0.4) is 0 Å². The van der Waals surface area contributed by atoms with E-state index in [0.717, 1.165) is 41.7 Å². The van der Waals surface area contributed by atoms with Crippen LogP contribution in [0.1, 0.15) is 5.56 Å². The second-order valence-corrected chi connectivity index (χ2v) is 7.76. The highest BCUT2D eigenvalue weighted by molar-refractivity contribution is 9.10. The van der Waals surface area contributed by atoms with E-state index in [4.69, 9.17) is 4.74 Å². The molecule has 6 heteroatoms. The number of ether oxygens (including phenoxy) is 1. The van der Waals surface area contributed by atoms with Crippen LogP contribution < -0.4 is 4.74 Å². The summed E-state index contributed by atoms with van der Waals surface area (Å²) in [6.07, 6.45) is 0.